The number of nitrogens with zero attached hydrogens (tertiary/aromatic N) is 2. The molecule has 0 spiro atoms. The van der Waals surface area contributed by atoms with Gasteiger partial charge in [0.05, 0.1) is 52.4 Å². The van der Waals surface area contributed by atoms with Crippen molar-refractivity contribution in [1.82, 2.24) is 15.3 Å². The Hall–Kier alpha value is -3.82. The molecule has 1 fully saturated rings. The van der Waals surface area contributed by atoms with E-state index in [1.807, 2.05) is 60.7 Å². The normalized spacial score (nSPS) is 18.5. The van der Waals surface area contributed by atoms with E-state index >= 15 is 0 Å². The zero-order valence-corrected chi connectivity index (χ0v) is 24.1. The summed E-state index contributed by atoms with van der Waals surface area (Å²) in [4.78, 5) is 8.23. The highest BCUT2D eigenvalue weighted by atomic mass is 16.5. The van der Waals surface area contributed by atoms with Gasteiger partial charge >= 0.3 is 0 Å². The molecule has 1 aliphatic heterocycles. The molecule has 0 bridgehead atoms. The van der Waals surface area contributed by atoms with Crippen molar-refractivity contribution in [3.05, 3.63) is 120 Å². The van der Waals surface area contributed by atoms with Gasteiger partial charge in [0.15, 0.2) is 0 Å². The van der Waals surface area contributed by atoms with Crippen molar-refractivity contribution < 1.29 is 23.7 Å². The van der Waals surface area contributed by atoms with Crippen LogP contribution in [0.2, 0.25) is 0 Å². The van der Waals surface area contributed by atoms with Gasteiger partial charge < -0.3 is 29.0 Å². The number of methoxy groups -OCH3 is 1. The van der Waals surface area contributed by atoms with Crippen LogP contribution in [0, 0.1) is 0 Å². The number of rotatable bonds is 15. The quantitative estimate of drug-likeness (QED) is 0.193. The molecule has 0 unspecified atom stereocenters. The molecule has 1 aliphatic rings. The molecule has 8 heteroatoms. The van der Waals surface area contributed by atoms with Gasteiger partial charge in [0.2, 0.25) is 0 Å². The molecule has 3 heterocycles. The fourth-order valence-electron chi connectivity index (χ4n) is 5.12. The highest BCUT2D eigenvalue weighted by Crippen LogP contribution is 2.32. The molecule has 3 atom stereocenters. The number of hydrogen-bond donors (Lipinski definition) is 1. The summed E-state index contributed by atoms with van der Waals surface area (Å²) >= 11 is 0. The minimum absolute atomic E-state index is 0.0542. The number of hydrogen-bond acceptors (Lipinski definition) is 8. The Morgan fingerprint density at radius 3 is 1.95 bits per heavy atom. The second kappa shape index (κ2) is 16.0. The molecule has 2 aromatic carbocycles. The Labute approximate surface area is 248 Å². The third-order valence-electron chi connectivity index (χ3n) is 7.34. The summed E-state index contributed by atoms with van der Waals surface area (Å²) in [5.74, 6) is 1.74. The first-order valence-corrected chi connectivity index (χ1v) is 14.4. The number of piperidine rings is 1. The van der Waals surface area contributed by atoms with Crippen molar-refractivity contribution in [3.8, 4) is 11.5 Å². The number of benzene rings is 2. The van der Waals surface area contributed by atoms with Crippen molar-refractivity contribution in [3.63, 3.8) is 0 Å². The van der Waals surface area contributed by atoms with E-state index in [2.05, 4.69) is 27.4 Å². The number of ether oxygens (including phenoxy) is 5. The van der Waals surface area contributed by atoms with Crippen LogP contribution in [-0.2, 0) is 34.0 Å². The van der Waals surface area contributed by atoms with Crippen molar-refractivity contribution in [1.29, 1.82) is 0 Å². The lowest BCUT2D eigenvalue weighted by Crippen LogP contribution is -2.50. The van der Waals surface area contributed by atoms with Crippen LogP contribution in [-0.4, -0.2) is 55.6 Å². The molecule has 0 aliphatic carbocycles. The summed E-state index contributed by atoms with van der Waals surface area (Å²) in [6, 6.07) is 24.2. The first-order chi connectivity index (χ1) is 20.8. The van der Waals surface area contributed by atoms with Crippen molar-refractivity contribution >= 4 is 0 Å². The topological polar surface area (TPSA) is 84.0 Å². The minimum atomic E-state index is -0.0542. The first kappa shape index (κ1) is 29.7. The lowest BCUT2D eigenvalue weighted by atomic mass is 9.85. The molecule has 4 aromatic rings. The second-order valence-corrected chi connectivity index (χ2v) is 10.2. The Morgan fingerprint density at radius 1 is 0.714 bits per heavy atom. The lowest BCUT2D eigenvalue weighted by Gasteiger charge is -2.39. The van der Waals surface area contributed by atoms with Crippen LogP contribution >= 0.6 is 0 Å². The maximum atomic E-state index is 6.46. The van der Waals surface area contributed by atoms with Crippen molar-refractivity contribution in [2.24, 2.45) is 0 Å². The molecular formula is C34H39N3O5. The standard InChI is InChI=1S/C34H39N3O5/c1-38-31-6-3-2-5-29(31)25-39-19-4-20-40-30-9-7-28(8-10-30)34-32(41-23-26-11-15-35-16-12-26)21-37-22-33(34)42-24-27-13-17-36-18-14-27/h2-3,5-18,32-34,37H,4,19-25H2,1H3/t32-,33+,34-. The molecule has 8 nitrogen and oxygen atoms in total. The maximum Gasteiger partial charge on any atom is 0.124 e. The van der Waals surface area contributed by atoms with Gasteiger partial charge in [-0.15, -0.1) is 0 Å². The minimum Gasteiger partial charge on any atom is -0.496 e. The van der Waals surface area contributed by atoms with E-state index in [1.54, 1.807) is 31.9 Å². The van der Waals surface area contributed by atoms with Gasteiger partial charge in [-0.3, -0.25) is 9.97 Å². The Kier molecular flexibility index (Phi) is 11.3. The second-order valence-electron chi connectivity index (χ2n) is 10.2. The highest BCUT2D eigenvalue weighted by molar-refractivity contribution is 5.33. The smallest absolute Gasteiger partial charge is 0.124 e. The maximum absolute atomic E-state index is 6.46. The monoisotopic (exact) mass is 569 g/mol. The predicted molar refractivity (Wildman–Crippen MR) is 160 cm³/mol. The average Bonchev–Trinajstić information content (AvgIpc) is 3.06. The number of aromatic nitrogens is 2. The third-order valence-corrected chi connectivity index (χ3v) is 7.34. The van der Waals surface area contributed by atoms with Crippen molar-refractivity contribution in [2.45, 2.75) is 44.4 Å². The van der Waals surface area contributed by atoms with Gasteiger partial charge in [-0.25, -0.2) is 0 Å². The summed E-state index contributed by atoms with van der Waals surface area (Å²) in [6.45, 7) is 4.23. The molecule has 2 aromatic heterocycles. The Morgan fingerprint density at radius 2 is 1.33 bits per heavy atom. The van der Waals surface area contributed by atoms with Crippen LogP contribution in [0.1, 0.15) is 34.6 Å². The molecular weight excluding hydrogens is 530 g/mol. The van der Waals surface area contributed by atoms with Crippen LogP contribution in [0.5, 0.6) is 11.5 Å². The van der Waals surface area contributed by atoms with E-state index in [0.717, 1.165) is 47.7 Å². The zero-order valence-electron chi connectivity index (χ0n) is 24.1. The molecule has 0 radical (unpaired) electrons. The lowest BCUT2D eigenvalue weighted by molar-refractivity contribution is -0.0650. The first-order valence-electron chi connectivity index (χ1n) is 14.4. The summed E-state index contributed by atoms with van der Waals surface area (Å²) in [6.07, 6.45) is 7.86. The molecule has 220 valence electrons. The molecule has 1 N–H and O–H groups in total. The van der Waals surface area contributed by atoms with Crippen LogP contribution in [0.4, 0.5) is 0 Å². The summed E-state index contributed by atoms with van der Waals surface area (Å²) in [5, 5.41) is 3.51. The van der Waals surface area contributed by atoms with E-state index in [-0.39, 0.29) is 18.1 Å². The summed E-state index contributed by atoms with van der Waals surface area (Å²) < 4.78 is 30.2. The van der Waals surface area contributed by atoms with Crippen LogP contribution in [0.15, 0.2) is 97.6 Å². The van der Waals surface area contributed by atoms with Gasteiger partial charge in [0.25, 0.3) is 0 Å². The molecule has 0 saturated carbocycles. The van der Waals surface area contributed by atoms with Crippen molar-refractivity contribution in [2.75, 3.05) is 33.4 Å². The predicted octanol–water partition coefficient (Wildman–Crippen LogP) is 5.33. The zero-order chi connectivity index (χ0) is 28.8. The van der Waals surface area contributed by atoms with Crippen LogP contribution in [0.25, 0.3) is 0 Å². The number of pyridine rings is 2. The fraction of sp³-hybridized carbons (Fsp3) is 0.353. The third kappa shape index (κ3) is 8.59. The summed E-state index contributed by atoms with van der Waals surface area (Å²) in [5.41, 5.74) is 4.41. The SMILES string of the molecule is COc1ccccc1COCCCOc1ccc([C@H]2[C@@H](OCc3ccncc3)CNC[C@H]2OCc2ccncc2)cc1. The highest BCUT2D eigenvalue weighted by Gasteiger charge is 2.36. The van der Waals surface area contributed by atoms with E-state index in [0.29, 0.717) is 33.0 Å². The largest absolute Gasteiger partial charge is 0.496 e. The van der Waals surface area contributed by atoms with Gasteiger partial charge in [-0.2, -0.15) is 0 Å². The van der Waals surface area contributed by atoms with Gasteiger partial charge in [-0.05, 0) is 59.2 Å². The Balaban J connectivity index is 1.16. The molecule has 42 heavy (non-hydrogen) atoms. The van der Waals surface area contributed by atoms with Gasteiger partial charge in [0, 0.05) is 55.8 Å². The fourth-order valence-corrected chi connectivity index (χ4v) is 5.12. The van der Waals surface area contributed by atoms with Crippen LogP contribution in [0.3, 0.4) is 0 Å². The van der Waals surface area contributed by atoms with E-state index in [1.165, 1.54) is 5.56 Å². The van der Waals surface area contributed by atoms with E-state index in [9.17, 15) is 0 Å². The van der Waals surface area contributed by atoms with Gasteiger partial charge in [-0.1, -0.05) is 30.3 Å². The average molecular weight is 570 g/mol. The summed E-state index contributed by atoms with van der Waals surface area (Å²) in [7, 11) is 1.68. The van der Waals surface area contributed by atoms with Crippen LogP contribution < -0.4 is 14.8 Å². The number of para-hydroxylation sites is 1. The molecule has 5 rings (SSSR count). The molecule has 0 amide bonds. The van der Waals surface area contributed by atoms with Gasteiger partial charge in [0.1, 0.15) is 11.5 Å². The van der Waals surface area contributed by atoms with E-state index in [4.69, 9.17) is 23.7 Å². The Bertz CT molecular complexity index is 1270. The molecule has 1 saturated heterocycles. The number of nitrogens with one attached hydrogen (secondary N) is 1. The van der Waals surface area contributed by atoms with E-state index < -0.39 is 0 Å².